The monoisotopic (exact) mass is 343 g/mol. The summed E-state index contributed by atoms with van der Waals surface area (Å²) in [5.74, 6) is -0.138. The van der Waals surface area contributed by atoms with E-state index in [1.165, 1.54) is 6.07 Å². The van der Waals surface area contributed by atoms with Crippen molar-refractivity contribution in [3.8, 4) is 5.75 Å². The predicted octanol–water partition coefficient (Wildman–Crippen LogP) is 1.97. The average Bonchev–Trinajstić information content (AvgIpc) is 2.62. The van der Waals surface area contributed by atoms with Gasteiger partial charge in [0.1, 0.15) is 11.6 Å². The molecule has 1 heterocycles. The number of anilines is 1. The highest BCUT2D eigenvalue weighted by Gasteiger charge is 2.19. The average molecular weight is 343 g/mol. The van der Waals surface area contributed by atoms with Gasteiger partial charge in [0.25, 0.3) is 0 Å². The first-order valence-corrected chi connectivity index (χ1v) is 8.38. The Morgan fingerprint density at radius 1 is 1.04 bits per heavy atom. The maximum atomic E-state index is 13.5. The van der Waals surface area contributed by atoms with Crippen molar-refractivity contribution in [2.24, 2.45) is 0 Å². The van der Waals surface area contributed by atoms with E-state index in [-0.39, 0.29) is 24.0 Å². The van der Waals surface area contributed by atoms with Crippen LogP contribution in [0.1, 0.15) is 5.56 Å². The summed E-state index contributed by atoms with van der Waals surface area (Å²) in [5.41, 5.74) is 1.56. The number of amides is 1. The van der Waals surface area contributed by atoms with Crippen molar-refractivity contribution in [2.45, 2.75) is 6.54 Å². The van der Waals surface area contributed by atoms with Crippen molar-refractivity contribution in [2.75, 3.05) is 37.6 Å². The molecule has 0 unspecified atom stereocenters. The van der Waals surface area contributed by atoms with Gasteiger partial charge in [0.2, 0.25) is 5.91 Å². The zero-order valence-corrected chi connectivity index (χ0v) is 14.0. The molecule has 0 saturated carbocycles. The van der Waals surface area contributed by atoms with Gasteiger partial charge in [0.05, 0.1) is 6.54 Å². The first-order chi connectivity index (χ1) is 12.1. The molecule has 1 aliphatic heterocycles. The molecule has 1 aliphatic rings. The molecular formula is C19H22FN3O2. The van der Waals surface area contributed by atoms with Gasteiger partial charge in [-0.1, -0.05) is 18.2 Å². The molecule has 1 amide bonds. The summed E-state index contributed by atoms with van der Waals surface area (Å²) in [5, 5.41) is 12.1. The number of phenols is 1. The molecule has 0 atom stereocenters. The minimum Gasteiger partial charge on any atom is -0.508 e. The number of halogens is 1. The number of carbonyl (C=O) groups is 1. The fourth-order valence-corrected chi connectivity index (χ4v) is 2.92. The summed E-state index contributed by atoms with van der Waals surface area (Å²) < 4.78 is 13.5. The number of carbonyl (C=O) groups excluding carboxylic acids is 1. The Labute approximate surface area is 146 Å². The third kappa shape index (κ3) is 4.70. The third-order valence-corrected chi connectivity index (χ3v) is 4.39. The van der Waals surface area contributed by atoms with Crippen molar-refractivity contribution in [1.82, 2.24) is 10.2 Å². The zero-order valence-electron chi connectivity index (χ0n) is 14.0. The van der Waals surface area contributed by atoms with E-state index in [0.29, 0.717) is 12.1 Å². The lowest BCUT2D eigenvalue weighted by atomic mass is 10.2. The van der Waals surface area contributed by atoms with Gasteiger partial charge in [-0.2, -0.15) is 0 Å². The number of phenolic OH excluding ortho intramolecular Hbond substituents is 1. The molecule has 1 saturated heterocycles. The van der Waals surface area contributed by atoms with Crippen molar-refractivity contribution in [3.63, 3.8) is 0 Å². The molecule has 6 heteroatoms. The summed E-state index contributed by atoms with van der Waals surface area (Å²) in [6, 6.07) is 13.6. The van der Waals surface area contributed by atoms with Gasteiger partial charge < -0.3 is 15.3 Å². The summed E-state index contributed by atoms with van der Waals surface area (Å²) in [6.07, 6.45) is 0. The van der Waals surface area contributed by atoms with Crippen LogP contribution in [0.4, 0.5) is 10.1 Å². The Morgan fingerprint density at radius 3 is 2.40 bits per heavy atom. The van der Waals surface area contributed by atoms with Crippen LogP contribution in [-0.2, 0) is 11.3 Å². The second-order valence-corrected chi connectivity index (χ2v) is 6.15. The predicted molar refractivity (Wildman–Crippen MR) is 95.0 cm³/mol. The first-order valence-electron chi connectivity index (χ1n) is 8.38. The topological polar surface area (TPSA) is 55.8 Å². The summed E-state index contributed by atoms with van der Waals surface area (Å²) in [7, 11) is 0. The fraction of sp³-hybridized carbons (Fsp3) is 0.316. The van der Waals surface area contributed by atoms with Gasteiger partial charge in [-0.05, 0) is 30.3 Å². The number of aromatic hydroxyl groups is 1. The molecule has 132 valence electrons. The molecule has 0 aromatic heterocycles. The lowest BCUT2D eigenvalue weighted by Gasteiger charge is -2.35. The summed E-state index contributed by atoms with van der Waals surface area (Å²) >= 11 is 0. The number of piperazine rings is 1. The van der Waals surface area contributed by atoms with Crippen LogP contribution >= 0.6 is 0 Å². The Hall–Kier alpha value is -2.60. The Bertz CT molecular complexity index is 713. The van der Waals surface area contributed by atoms with Crippen LogP contribution in [-0.4, -0.2) is 48.6 Å². The lowest BCUT2D eigenvalue weighted by molar-refractivity contribution is -0.122. The molecule has 2 aromatic rings. The highest BCUT2D eigenvalue weighted by atomic mass is 19.1. The van der Waals surface area contributed by atoms with Gasteiger partial charge in [0, 0.05) is 44.0 Å². The zero-order chi connectivity index (χ0) is 17.6. The van der Waals surface area contributed by atoms with E-state index in [2.05, 4.69) is 15.1 Å². The number of benzene rings is 2. The van der Waals surface area contributed by atoms with Gasteiger partial charge in [-0.3, -0.25) is 9.69 Å². The largest absolute Gasteiger partial charge is 0.508 e. The van der Waals surface area contributed by atoms with Crippen LogP contribution in [0, 0.1) is 5.82 Å². The quantitative estimate of drug-likeness (QED) is 0.872. The number of nitrogens with one attached hydrogen (secondary N) is 1. The number of rotatable bonds is 5. The lowest BCUT2D eigenvalue weighted by Crippen LogP contribution is -2.49. The maximum absolute atomic E-state index is 13.5. The van der Waals surface area contributed by atoms with Crippen LogP contribution in [0.15, 0.2) is 48.5 Å². The normalized spacial score (nSPS) is 15.2. The van der Waals surface area contributed by atoms with Crippen LogP contribution in [0.25, 0.3) is 0 Å². The Kier molecular flexibility index (Phi) is 5.50. The second kappa shape index (κ2) is 7.98. The minimum absolute atomic E-state index is 0.0960. The van der Waals surface area contributed by atoms with E-state index in [9.17, 15) is 14.3 Å². The minimum atomic E-state index is -0.301. The SMILES string of the molecule is O=C(CN1CCN(c2ccc(O)cc2)CC1)NCc1ccccc1F. The first kappa shape index (κ1) is 17.2. The molecule has 0 bridgehead atoms. The molecule has 25 heavy (non-hydrogen) atoms. The van der Waals surface area contributed by atoms with Crippen LogP contribution in [0.3, 0.4) is 0 Å². The molecule has 0 spiro atoms. The van der Waals surface area contributed by atoms with Crippen LogP contribution < -0.4 is 10.2 Å². The molecule has 3 rings (SSSR count). The summed E-state index contributed by atoms with van der Waals surface area (Å²) in [4.78, 5) is 16.4. The summed E-state index contributed by atoms with van der Waals surface area (Å²) in [6.45, 7) is 3.75. The Morgan fingerprint density at radius 2 is 1.72 bits per heavy atom. The number of hydrogen-bond donors (Lipinski definition) is 2. The number of hydrogen-bond acceptors (Lipinski definition) is 4. The standard InChI is InChI=1S/C19H22FN3O2/c20-18-4-2-1-3-15(18)13-21-19(25)14-22-9-11-23(12-10-22)16-5-7-17(24)8-6-16/h1-8,24H,9-14H2,(H,21,25). The van der Waals surface area contributed by atoms with Crippen molar-refractivity contribution < 1.29 is 14.3 Å². The van der Waals surface area contributed by atoms with Crippen molar-refractivity contribution in [1.29, 1.82) is 0 Å². The van der Waals surface area contributed by atoms with Crippen molar-refractivity contribution in [3.05, 3.63) is 59.9 Å². The fourth-order valence-electron chi connectivity index (χ4n) is 2.92. The number of nitrogens with zero attached hydrogens (tertiary/aromatic N) is 2. The molecular weight excluding hydrogens is 321 g/mol. The molecule has 2 N–H and O–H groups in total. The van der Waals surface area contributed by atoms with E-state index in [4.69, 9.17) is 0 Å². The van der Waals surface area contributed by atoms with Gasteiger partial charge in [0.15, 0.2) is 0 Å². The van der Waals surface area contributed by atoms with Crippen LogP contribution in [0.5, 0.6) is 5.75 Å². The van der Waals surface area contributed by atoms with Gasteiger partial charge in [-0.15, -0.1) is 0 Å². The highest BCUT2D eigenvalue weighted by molar-refractivity contribution is 5.78. The van der Waals surface area contributed by atoms with E-state index >= 15 is 0 Å². The molecule has 1 fully saturated rings. The van der Waals surface area contributed by atoms with Crippen molar-refractivity contribution >= 4 is 11.6 Å². The molecule has 5 nitrogen and oxygen atoms in total. The smallest absolute Gasteiger partial charge is 0.234 e. The van der Waals surface area contributed by atoms with Crippen LogP contribution in [0.2, 0.25) is 0 Å². The van der Waals surface area contributed by atoms with Gasteiger partial charge in [-0.25, -0.2) is 4.39 Å². The molecule has 0 radical (unpaired) electrons. The van der Waals surface area contributed by atoms with E-state index < -0.39 is 0 Å². The van der Waals surface area contributed by atoms with E-state index in [1.54, 1.807) is 30.3 Å². The maximum Gasteiger partial charge on any atom is 0.234 e. The Balaban J connectivity index is 1.43. The molecule has 0 aliphatic carbocycles. The second-order valence-electron chi connectivity index (χ2n) is 6.15. The highest BCUT2D eigenvalue weighted by Crippen LogP contribution is 2.19. The van der Waals surface area contributed by atoms with Gasteiger partial charge >= 0.3 is 0 Å². The molecule has 2 aromatic carbocycles. The van der Waals surface area contributed by atoms with E-state index in [0.717, 1.165) is 31.9 Å². The third-order valence-electron chi connectivity index (χ3n) is 4.39. The van der Waals surface area contributed by atoms with E-state index in [1.807, 2.05) is 12.1 Å².